The van der Waals surface area contributed by atoms with Crippen LogP contribution in [0.15, 0.2) is 16.7 Å². The van der Waals surface area contributed by atoms with E-state index in [0.29, 0.717) is 11.1 Å². The summed E-state index contributed by atoms with van der Waals surface area (Å²) in [5.74, 6) is 0.411. The highest BCUT2D eigenvalue weighted by molar-refractivity contribution is 9.10. The fourth-order valence-corrected chi connectivity index (χ4v) is 1.96. The Bertz CT molecular complexity index is 495. The highest BCUT2D eigenvalue weighted by Crippen LogP contribution is 2.24. The van der Waals surface area contributed by atoms with Gasteiger partial charge in [0.15, 0.2) is 5.65 Å². The Morgan fingerprint density at radius 2 is 2.33 bits per heavy atom. The molecular formula is C10H11BrClN3. The van der Waals surface area contributed by atoms with E-state index in [1.54, 1.807) is 10.7 Å². The zero-order chi connectivity index (χ0) is 11.0. The molecule has 0 bridgehead atoms. The summed E-state index contributed by atoms with van der Waals surface area (Å²) in [4.78, 5) is 4.54. The molecule has 1 atom stereocenters. The van der Waals surface area contributed by atoms with Gasteiger partial charge in [-0.05, 0) is 34.3 Å². The zero-order valence-electron chi connectivity index (χ0n) is 8.54. The van der Waals surface area contributed by atoms with Crippen LogP contribution < -0.4 is 0 Å². The van der Waals surface area contributed by atoms with E-state index in [1.165, 1.54) is 0 Å². The quantitative estimate of drug-likeness (QED) is 0.790. The standard InChI is InChI=1S/C10H11BrClN3/c1-3-6(2)8-4-9(12)15-10(14-8)7(11)5-13-15/h4-6H,3H2,1-2H3. The van der Waals surface area contributed by atoms with E-state index in [4.69, 9.17) is 11.6 Å². The van der Waals surface area contributed by atoms with Gasteiger partial charge in [0.2, 0.25) is 0 Å². The zero-order valence-corrected chi connectivity index (χ0v) is 10.9. The van der Waals surface area contributed by atoms with E-state index in [0.717, 1.165) is 22.2 Å². The van der Waals surface area contributed by atoms with Crippen LogP contribution in [0.5, 0.6) is 0 Å². The Balaban J connectivity index is 2.65. The van der Waals surface area contributed by atoms with Gasteiger partial charge in [-0.15, -0.1) is 0 Å². The third-order valence-electron chi connectivity index (χ3n) is 2.52. The van der Waals surface area contributed by atoms with Crippen LogP contribution in [0, 0.1) is 0 Å². The second-order valence-electron chi connectivity index (χ2n) is 3.54. The minimum Gasteiger partial charge on any atom is -0.232 e. The smallest absolute Gasteiger partial charge is 0.171 e. The van der Waals surface area contributed by atoms with E-state index in [9.17, 15) is 0 Å². The Labute approximate surface area is 102 Å². The predicted octanol–water partition coefficient (Wildman–Crippen LogP) is 3.66. The molecule has 1 unspecified atom stereocenters. The number of hydrogen-bond acceptors (Lipinski definition) is 2. The molecule has 15 heavy (non-hydrogen) atoms. The minimum absolute atomic E-state index is 0.411. The molecule has 0 spiro atoms. The van der Waals surface area contributed by atoms with E-state index in [-0.39, 0.29) is 0 Å². The normalized spacial score (nSPS) is 13.3. The number of aromatic nitrogens is 3. The van der Waals surface area contributed by atoms with Crippen molar-refractivity contribution in [1.82, 2.24) is 14.6 Å². The van der Waals surface area contributed by atoms with Crippen molar-refractivity contribution >= 4 is 33.2 Å². The van der Waals surface area contributed by atoms with E-state index < -0.39 is 0 Å². The van der Waals surface area contributed by atoms with Gasteiger partial charge < -0.3 is 0 Å². The molecule has 0 aliphatic heterocycles. The van der Waals surface area contributed by atoms with Crippen molar-refractivity contribution in [1.29, 1.82) is 0 Å². The monoisotopic (exact) mass is 287 g/mol. The molecule has 3 nitrogen and oxygen atoms in total. The SMILES string of the molecule is CCC(C)c1cc(Cl)n2ncc(Br)c2n1. The van der Waals surface area contributed by atoms with Crippen LogP contribution in [-0.2, 0) is 0 Å². The highest BCUT2D eigenvalue weighted by atomic mass is 79.9. The van der Waals surface area contributed by atoms with E-state index >= 15 is 0 Å². The summed E-state index contributed by atoms with van der Waals surface area (Å²) in [6.07, 6.45) is 2.75. The third kappa shape index (κ3) is 1.88. The maximum atomic E-state index is 6.12. The van der Waals surface area contributed by atoms with Crippen LogP contribution in [0.25, 0.3) is 5.65 Å². The van der Waals surface area contributed by atoms with Gasteiger partial charge in [0.25, 0.3) is 0 Å². The van der Waals surface area contributed by atoms with Crippen LogP contribution in [0.4, 0.5) is 0 Å². The van der Waals surface area contributed by atoms with Gasteiger partial charge in [-0.25, -0.2) is 9.50 Å². The Morgan fingerprint density at radius 1 is 1.60 bits per heavy atom. The van der Waals surface area contributed by atoms with Crippen LogP contribution >= 0.6 is 27.5 Å². The summed E-state index contributed by atoms with van der Waals surface area (Å²) in [7, 11) is 0. The molecule has 2 rings (SSSR count). The summed E-state index contributed by atoms with van der Waals surface area (Å²) in [6, 6.07) is 1.88. The number of nitrogens with zero attached hydrogens (tertiary/aromatic N) is 3. The molecule has 0 amide bonds. The molecule has 2 aromatic rings. The van der Waals surface area contributed by atoms with Crippen LogP contribution in [-0.4, -0.2) is 14.6 Å². The van der Waals surface area contributed by atoms with Crippen LogP contribution in [0.2, 0.25) is 5.15 Å². The number of rotatable bonds is 2. The molecule has 2 heterocycles. The topological polar surface area (TPSA) is 30.2 Å². The van der Waals surface area contributed by atoms with Gasteiger partial charge in [0.1, 0.15) is 5.15 Å². The largest absolute Gasteiger partial charge is 0.232 e. The lowest BCUT2D eigenvalue weighted by Crippen LogP contribution is -2.00. The second kappa shape index (κ2) is 4.10. The molecule has 0 aliphatic carbocycles. The first-order valence-electron chi connectivity index (χ1n) is 4.83. The van der Waals surface area contributed by atoms with Crippen molar-refractivity contribution in [2.24, 2.45) is 0 Å². The van der Waals surface area contributed by atoms with Gasteiger partial charge in [0, 0.05) is 5.69 Å². The summed E-state index contributed by atoms with van der Waals surface area (Å²) >= 11 is 9.52. The third-order valence-corrected chi connectivity index (χ3v) is 3.35. The number of halogens is 2. The fraction of sp³-hybridized carbons (Fsp3) is 0.400. The first-order chi connectivity index (χ1) is 7.13. The fourth-order valence-electron chi connectivity index (χ4n) is 1.38. The van der Waals surface area contributed by atoms with Gasteiger partial charge in [0.05, 0.1) is 10.7 Å². The van der Waals surface area contributed by atoms with Crippen molar-refractivity contribution in [2.45, 2.75) is 26.2 Å². The predicted molar refractivity (Wildman–Crippen MR) is 64.4 cm³/mol. The van der Waals surface area contributed by atoms with Crippen molar-refractivity contribution < 1.29 is 0 Å². The molecular weight excluding hydrogens is 277 g/mol. The Hall–Kier alpha value is -0.610. The number of hydrogen-bond donors (Lipinski definition) is 0. The molecule has 0 N–H and O–H groups in total. The lowest BCUT2D eigenvalue weighted by Gasteiger charge is -2.08. The first kappa shape index (κ1) is 10.9. The summed E-state index contributed by atoms with van der Waals surface area (Å²) in [5.41, 5.74) is 1.79. The van der Waals surface area contributed by atoms with Gasteiger partial charge in [-0.1, -0.05) is 25.4 Å². The van der Waals surface area contributed by atoms with Crippen molar-refractivity contribution in [2.75, 3.05) is 0 Å². The Morgan fingerprint density at radius 3 is 3.00 bits per heavy atom. The minimum atomic E-state index is 0.411. The van der Waals surface area contributed by atoms with Gasteiger partial charge in [-0.2, -0.15) is 5.10 Å². The lowest BCUT2D eigenvalue weighted by molar-refractivity contribution is 0.705. The molecule has 0 fully saturated rings. The summed E-state index contributed by atoms with van der Waals surface area (Å²) in [6.45, 7) is 4.27. The van der Waals surface area contributed by atoms with Crippen LogP contribution in [0.1, 0.15) is 31.9 Å². The molecule has 0 saturated heterocycles. The van der Waals surface area contributed by atoms with Gasteiger partial charge >= 0.3 is 0 Å². The van der Waals surface area contributed by atoms with E-state index in [2.05, 4.69) is 39.9 Å². The van der Waals surface area contributed by atoms with Crippen LogP contribution in [0.3, 0.4) is 0 Å². The molecule has 0 aliphatic rings. The van der Waals surface area contributed by atoms with Gasteiger partial charge in [-0.3, -0.25) is 0 Å². The van der Waals surface area contributed by atoms with Crippen molar-refractivity contribution in [3.63, 3.8) is 0 Å². The average molecular weight is 289 g/mol. The first-order valence-corrected chi connectivity index (χ1v) is 6.00. The maximum absolute atomic E-state index is 6.12. The summed E-state index contributed by atoms with van der Waals surface area (Å²) in [5, 5.41) is 4.72. The molecule has 0 radical (unpaired) electrons. The maximum Gasteiger partial charge on any atom is 0.171 e. The summed E-state index contributed by atoms with van der Waals surface area (Å²) < 4.78 is 2.49. The highest BCUT2D eigenvalue weighted by Gasteiger charge is 2.11. The molecule has 5 heteroatoms. The molecule has 0 saturated carbocycles. The number of fused-ring (bicyclic) bond motifs is 1. The van der Waals surface area contributed by atoms with Crippen molar-refractivity contribution in [3.8, 4) is 0 Å². The van der Waals surface area contributed by atoms with Crippen molar-refractivity contribution in [3.05, 3.63) is 27.6 Å². The molecule has 80 valence electrons. The molecule has 0 aromatic carbocycles. The lowest BCUT2D eigenvalue weighted by atomic mass is 10.1. The Kier molecular flexibility index (Phi) is 2.98. The molecule has 2 aromatic heterocycles. The second-order valence-corrected chi connectivity index (χ2v) is 4.78. The average Bonchev–Trinajstić information content (AvgIpc) is 2.60. The van der Waals surface area contributed by atoms with E-state index in [1.807, 2.05) is 6.07 Å².